The Bertz CT molecular complexity index is 868. The zero-order chi connectivity index (χ0) is 19.9. The molecule has 3 aromatic rings. The van der Waals surface area contributed by atoms with Gasteiger partial charge in [-0.05, 0) is 23.1 Å². The van der Waals surface area contributed by atoms with E-state index in [1.807, 2.05) is 6.07 Å². The number of nitrogens with zero attached hydrogens (tertiary/aromatic N) is 2. The molecule has 29 heavy (non-hydrogen) atoms. The Hall–Kier alpha value is -2.91. The zero-order valence-corrected chi connectivity index (χ0v) is 16.9. The van der Waals surface area contributed by atoms with Crippen molar-refractivity contribution in [3.05, 3.63) is 108 Å². The summed E-state index contributed by atoms with van der Waals surface area (Å²) in [5.41, 5.74) is 3.83. The molecule has 3 nitrogen and oxygen atoms in total. The predicted molar refractivity (Wildman–Crippen MR) is 119 cm³/mol. The van der Waals surface area contributed by atoms with Crippen LogP contribution >= 0.6 is 0 Å². The molecule has 3 heteroatoms. The Morgan fingerprint density at radius 3 is 1.86 bits per heavy atom. The van der Waals surface area contributed by atoms with E-state index in [1.165, 1.54) is 16.7 Å². The molecule has 0 aliphatic carbocycles. The molecule has 0 saturated carbocycles. The molecule has 0 N–H and O–H groups in total. The molecule has 0 amide bonds. The summed E-state index contributed by atoms with van der Waals surface area (Å²) in [6.07, 6.45) is 0.958. The summed E-state index contributed by atoms with van der Waals surface area (Å²) < 4.78 is 6.14. The first-order valence-corrected chi connectivity index (χ1v) is 10.4. The molecule has 148 valence electrons. The van der Waals surface area contributed by atoms with Crippen molar-refractivity contribution in [3.8, 4) is 0 Å². The molecule has 2 atom stereocenters. The molecule has 0 fully saturated rings. The molecule has 4 rings (SSSR count). The largest absolute Gasteiger partial charge is 0.477 e. The maximum Gasteiger partial charge on any atom is 0.201 e. The third-order valence-electron chi connectivity index (χ3n) is 5.43. The number of hydrogen-bond donors (Lipinski definition) is 0. The number of rotatable bonds is 8. The fraction of sp³-hybridized carbons (Fsp3) is 0.269. The smallest absolute Gasteiger partial charge is 0.201 e. The second-order valence-corrected chi connectivity index (χ2v) is 7.51. The van der Waals surface area contributed by atoms with Crippen LogP contribution in [0.15, 0.2) is 96.0 Å². The summed E-state index contributed by atoms with van der Waals surface area (Å²) in [6, 6.07) is 32.0. The molecule has 0 aromatic heterocycles. The van der Waals surface area contributed by atoms with E-state index in [4.69, 9.17) is 9.73 Å². The van der Waals surface area contributed by atoms with E-state index in [2.05, 4.69) is 96.8 Å². The molecule has 3 aromatic carbocycles. The Balaban J connectivity index is 1.59. The van der Waals surface area contributed by atoms with Crippen molar-refractivity contribution in [3.63, 3.8) is 0 Å². The van der Waals surface area contributed by atoms with Gasteiger partial charge >= 0.3 is 0 Å². The molecular weight excluding hydrogens is 356 g/mol. The Kier molecular flexibility index (Phi) is 6.38. The minimum atomic E-state index is 0.0931. The average Bonchev–Trinajstić information content (AvgIpc) is 3.26. The highest BCUT2D eigenvalue weighted by atomic mass is 16.5. The first-order chi connectivity index (χ1) is 14.3. The summed E-state index contributed by atoms with van der Waals surface area (Å²) in [5.74, 6) is 0.869. The van der Waals surface area contributed by atoms with Crippen LogP contribution in [0, 0.1) is 0 Å². The third kappa shape index (κ3) is 4.93. The van der Waals surface area contributed by atoms with Crippen LogP contribution in [0.4, 0.5) is 0 Å². The van der Waals surface area contributed by atoms with Crippen LogP contribution in [0.1, 0.15) is 36.1 Å². The quantitative estimate of drug-likeness (QED) is 0.502. The number of hydrogen-bond acceptors (Lipinski definition) is 3. The lowest BCUT2D eigenvalue weighted by molar-refractivity contribution is 0.189. The minimum absolute atomic E-state index is 0.0931. The Morgan fingerprint density at radius 1 is 0.828 bits per heavy atom. The molecule has 0 unspecified atom stereocenters. The van der Waals surface area contributed by atoms with E-state index in [1.54, 1.807) is 0 Å². The fourth-order valence-corrected chi connectivity index (χ4v) is 3.92. The number of aliphatic imine (C=N–C) groups is 1. The minimum Gasteiger partial charge on any atom is -0.477 e. The van der Waals surface area contributed by atoms with E-state index < -0.39 is 0 Å². The molecule has 0 bridgehead atoms. The van der Waals surface area contributed by atoms with Gasteiger partial charge in [0.1, 0.15) is 12.6 Å². The van der Waals surface area contributed by atoms with E-state index in [0.717, 1.165) is 25.4 Å². The topological polar surface area (TPSA) is 24.8 Å². The van der Waals surface area contributed by atoms with Gasteiger partial charge in [0, 0.05) is 13.1 Å². The van der Waals surface area contributed by atoms with E-state index in [-0.39, 0.29) is 12.1 Å². The van der Waals surface area contributed by atoms with Crippen LogP contribution in [0.5, 0.6) is 0 Å². The first-order valence-electron chi connectivity index (χ1n) is 10.4. The standard InChI is InChI=1S/C26H28N2O/c1-2-25(26-27-24(20-29-26)23-16-10-5-11-17-23)28(18-21-12-6-3-7-13-21)19-22-14-8-4-9-15-22/h3-17,24-25H,2,18-20H2,1H3/t24-,25-/m0/s1. The molecule has 1 heterocycles. The molecule has 1 aliphatic heterocycles. The molecule has 0 spiro atoms. The number of ether oxygens (including phenoxy) is 1. The highest BCUT2D eigenvalue weighted by Gasteiger charge is 2.30. The lowest BCUT2D eigenvalue weighted by Gasteiger charge is -2.30. The van der Waals surface area contributed by atoms with Gasteiger partial charge in [-0.1, -0.05) is 97.9 Å². The van der Waals surface area contributed by atoms with Crippen LogP contribution in [0.25, 0.3) is 0 Å². The maximum atomic E-state index is 6.14. The monoisotopic (exact) mass is 384 g/mol. The van der Waals surface area contributed by atoms with Crippen molar-refractivity contribution in [2.24, 2.45) is 4.99 Å². The van der Waals surface area contributed by atoms with Gasteiger partial charge < -0.3 is 4.74 Å². The normalized spacial score (nSPS) is 17.0. The molecule has 1 aliphatic rings. The first kappa shape index (κ1) is 19.4. The molecule has 0 radical (unpaired) electrons. The molecule has 0 saturated heterocycles. The fourth-order valence-electron chi connectivity index (χ4n) is 3.92. The summed E-state index contributed by atoms with van der Waals surface area (Å²) in [4.78, 5) is 7.47. The Labute approximate surface area is 173 Å². The Morgan fingerprint density at radius 2 is 1.34 bits per heavy atom. The SMILES string of the molecule is CC[C@@H](C1=N[C@H](c2ccccc2)CO1)N(Cc1ccccc1)Cc1ccccc1. The second kappa shape index (κ2) is 9.53. The van der Waals surface area contributed by atoms with Crippen LogP contribution in [-0.2, 0) is 17.8 Å². The third-order valence-corrected chi connectivity index (χ3v) is 5.43. The van der Waals surface area contributed by atoms with Gasteiger partial charge in [-0.3, -0.25) is 4.90 Å². The van der Waals surface area contributed by atoms with Gasteiger partial charge in [0.25, 0.3) is 0 Å². The van der Waals surface area contributed by atoms with Crippen LogP contribution in [0.2, 0.25) is 0 Å². The van der Waals surface area contributed by atoms with E-state index >= 15 is 0 Å². The van der Waals surface area contributed by atoms with Gasteiger partial charge in [-0.2, -0.15) is 0 Å². The van der Waals surface area contributed by atoms with Gasteiger partial charge in [-0.15, -0.1) is 0 Å². The van der Waals surface area contributed by atoms with Crippen molar-refractivity contribution in [1.29, 1.82) is 0 Å². The average molecular weight is 385 g/mol. The van der Waals surface area contributed by atoms with Gasteiger partial charge in [0.05, 0.1) is 6.04 Å². The lowest BCUT2D eigenvalue weighted by Crippen LogP contribution is -2.40. The summed E-state index contributed by atoms with van der Waals surface area (Å²) >= 11 is 0. The van der Waals surface area contributed by atoms with Crippen LogP contribution in [0.3, 0.4) is 0 Å². The summed E-state index contributed by atoms with van der Waals surface area (Å²) in [6.45, 7) is 4.58. The van der Waals surface area contributed by atoms with Gasteiger partial charge in [0.15, 0.2) is 0 Å². The summed E-state index contributed by atoms with van der Waals surface area (Å²) in [5, 5.41) is 0. The highest BCUT2D eigenvalue weighted by molar-refractivity contribution is 5.83. The van der Waals surface area contributed by atoms with Crippen LogP contribution in [-0.4, -0.2) is 23.4 Å². The van der Waals surface area contributed by atoms with Crippen molar-refractivity contribution >= 4 is 5.90 Å². The van der Waals surface area contributed by atoms with Crippen LogP contribution < -0.4 is 0 Å². The van der Waals surface area contributed by atoms with Crippen molar-refractivity contribution in [1.82, 2.24) is 4.90 Å². The maximum absolute atomic E-state index is 6.14. The zero-order valence-electron chi connectivity index (χ0n) is 16.9. The van der Waals surface area contributed by atoms with Gasteiger partial charge in [-0.25, -0.2) is 4.99 Å². The number of benzene rings is 3. The summed E-state index contributed by atoms with van der Waals surface area (Å²) in [7, 11) is 0. The van der Waals surface area contributed by atoms with Crippen molar-refractivity contribution in [2.75, 3.05) is 6.61 Å². The van der Waals surface area contributed by atoms with Gasteiger partial charge in [0.2, 0.25) is 5.90 Å². The van der Waals surface area contributed by atoms with Crippen molar-refractivity contribution in [2.45, 2.75) is 38.5 Å². The van der Waals surface area contributed by atoms with E-state index in [0.29, 0.717) is 6.61 Å². The second-order valence-electron chi connectivity index (χ2n) is 7.51. The van der Waals surface area contributed by atoms with Crippen molar-refractivity contribution < 1.29 is 4.74 Å². The highest BCUT2D eigenvalue weighted by Crippen LogP contribution is 2.27. The predicted octanol–water partition coefficient (Wildman–Crippen LogP) is 5.64. The van der Waals surface area contributed by atoms with E-state index in [9.17, 15) is 0 Å². The molecular formula is C26H28N2O. The lowest BCUT2D eigenvalue weighted by atomic mass is 10.1.